The van der Waals surface area contributed by atoms with Gasteiger partial charge in [-0.25, -0.2) is 0 Å². The molecule has 0 aromatic heterocycles. The van der Waals surface area contributed by atoms with E-state index in [0.29, 0.717) is 6.54 Å². The summed E-state index contributed by atoms with van der Waals surface area (Å²) in [6, 6.07) is 7.63. The van der Waals surface area contributed by atoms with Crippen molar-refractivity contribution in [3.63, 3.8) is 0 Å². The maximum Gasteiger partial charge on any atom is 0.221 e. The van der Waals surface area contributed by atoms with Crippen LogP contribution in [0.4, 0.5) is 5.69 Å². The number of carbonyl (C=O) groups is 1. The molecule has 0 unspecified atom stereocenters. The Labute approximate surface area is 78.2 Å². The molecule has 0 bridgehead atoms. The third kappa shape index (κ3) is 2.87. The second-order valence-electron chi connectivity index (χ2n) is 2.77. The lowest BCUT2D eigenvalue weighted by Gasteiger charge is -2.08. The lowest BCUT2D eigenvalue weighted by atomic mass is 10.2. The molecule has 2 N–H and O–H groups in total. The summed E-state index contributed by atoms with van der Waals surface area (Å²) in [6.45, 7) is 2.14. The molecule has 69 valence electrons. The van der Waals surface area contributed by atoms with Crippen molar-refractivity contribution < 1.29 is 4.79 Å². The zero-order valence-electron chi connectivity index (χ0n) is 7.63. The van der Waals surface area contributed by atoms with Crippen LogP contribution in [0.25, 0.3) is 0 Å². The molecular formula is C10H13N2O. The van der Waals surface area contributed by atoms with E-state index >= 15 is 0 Å². The van der Waals surface area contributed by atoms with Crippen molar-refractivity contribution in [2.45, 2.75) is 13.5 Å². The van der Waals surface area contributed by atoms with Crippen LogP contribution in [0, 0.1) is 7.05 Å². The van der Waals surface area contributed by atoms with E-state index in [2.05, 4.69) is 17.7 Å². The van der Waals surface area contributed by atoms with E-state index in [1.165, 1.54) is 6.92 Å². The average molecular weight is 177 g/mol. The highest BCUT2D eigenvalue weighted by Crippen LogP contribution is 2.14. The molecule has 13 heavy (non-hydrogen) atoms. The van der Waals surface area contributed by atoms with Crippen molar-refractivity contribution in [1.82, 2.24) is 5.32 Å². The molecule has 1 aromatic carbocycles. The Morgan fingerprint density at radius 1 is 1.46 bits per heavy atom. The number of carbonyl (C=O) groups excluding carboxylic acids is 1. The van der Waals surface area contributed by atoms with E-state index in [0.717, 1.165) is 11.3 Å². The monoisotopic (exact) mass is 177 g/mol. The Hall–Kier alpha value is -1.35. The maximum absolute atomic E-state index is 10.8. The second kappa shape index (κ2) is 4.62. The van der Waals surface area contributed by atoms with Gasteiger partial charge in [-0.2, -0.15) is 0 Å². The predicted octanol–water partition coefficient (Wildman–Crippen LogP) is 1.53. The Morgan fingerprint density at radius 3 is 2.77 bits per heavy atom. The highest BCUT2D eigenvalue weighted by Gasteiger charge is 2.00. The molecule has 0 aliphatic rings. The number of hydrogen-bond donors (Lipinski definition) is 2. The summed E-state index contributed by atoms with van der Waals surface area (Å²) in [5.74, 6) is -0.0588. The summed E-state index contributed by atoms with van der Waals surface area (Å²) in [5.41, 5.74) is 1.87. The van der Waals surface area contributed by atoms with Crippen molar-refractivity contribution in [3.8, 4) is 0 Å². The second-order valence-corrected chi connectivity index (χ2v) is 2.77. The fraction of sp³-hybridized carbons (Fsp3) is 0.200. The molecule has 3 heteroatoms. The van der Waals surface area contributed by atoms with Gasteiger partial charge >= 0.3 is 0 Å². The quantitative estimate of drug-likeness (QED) is 0.735. The third-order valence-electron chi connectivity index (χ3n) is 1.64. The molecule has 1 rings (SSSR count). The van der Waals surface area contributed by atoms with Crippen molar-refractivity contribution in [3.05, 3.63) is 36.9 Å². The fourth-order valence-corrected chi connectivity index (χ4v) is 1.12. The Morgan fingerprint density at radius 2 is 2.15 bits per heavy atom. The standard InChI is InChI=1S/C10H13N2O/c1-8(13)12-10-6-4-3-5-9(10)7-11-2/h3-6,11H,2,7H2,1H3,(H,12,13). The van der Waals surface area contributed by atoms with E-state index < -0.39 is 0 Å². The number of anilines is 1. The molecule has 0 heterocycles. The fourth-order valence-electron chi connectivity index (χ4n) is 1.12. The summed E-state index contributed by atoms with van der Waals surface area (Å²) in [4.78, 5) is 10.8. The molecule has 1 amide bonds. The predicted molar refractivity (Wildman–Crippen MR) is 52.9 cm³/mol. The van der Waals surface area contributed by atoms with E-state index in [4.69, 9.17) is 0 Å². The minimum absolute atomic E-state index is 0.0588. The molecule has 1 radical (unpaired) electrons. The van der Waals surface area contributed by atoms with Crippen LogP contribution in [-0.2, 0) is 11.3 Å². The SMILES string of the molecule is [CH2]NCc1ccccc1NC(C)=O. The summed E-state index contributed by atoms with van der Waals surface area (Å²) >= 11 is 0. The molecular weight excluding hydrogens is 164 g/mol. The maximum atomic E-state index is 10.8. The van der Waals surface area contributed by atoms with E-state index in [1.54, 1.807) is 0 Å². The van der Waals surface area contributed by atoms with Crippen LogP contribution in [0.5, 0.6) is 0 Å². The van der Waals surface area contributed by atoms with Crippen molar-refractivity contribution >= 4 is 11.6 Å². The van der Waals surface area contributed by atoms with Crippen molar-refractivity contribution in [2.75, 3.05) is 5.32 Å². The van der Waals surface area contributed by atoms with Gasteiger partial charge in [-0.1, -0.05) is 18.2 Å². The van der Waals surface area contributed by atoms with Crippen LogP contribution in [0.15, 0.2) is 24.3 Å². The number of benzene rings is 1. The lowest BCUT2D eigenvalue weighted by molar-refractivity contribution is -0.114. The zero-order valence-corrected chi connectivity index (χ0v) is 7.63. The van der Waals surface area contributed by atoms with Crippen LogP contribution in [0.2, 0.25) is 0 Å². The van der Waals surface area contributed by atoms with E-state index in [9.17, 15) is 4.79 Å². The van der Waals surface area contributed by atoms with Crippen LogP contribution < -0.4 is 10.6 Å². The largest absolute Gasteiger partial charge is 0.326 e. The van der Waals surface area contributed by atoms with Gasteiger partial charge in [0.25, 0.3) is 0 Å². The molecule has 0 atom stereocenters. The van der Waals surface area contributed by atoms with Gasteiger partial charge in [-0.15, -0.1) is 0 Å². The van der Waals surface area contributed by atoms with Gasteiger partial charge in [0, 0.05) is 26.2 Å². The molecule has 0 aliphatic carbocycles. The first-order valence-corrected chi connectivity index (χ1v) is 4.09. The molecule has 0 spiro atoms. The zero-order chi connectivity index (χ0) is 9.68. The minimum atomic E-state index is -0.0588. The first-order valence-electron chi connectivity index (χ1n) is 4.09. The van der Waals surface area contributed by atoms with Gasteiger partial charge in [-0.05, 0) is 11.6 Å². The smallest absolute Gasteiger partial charge is 0.221 e. The van der Waals surface area contributed by atoms with Gasteiger partial charge in [0.1, 0.15) is 0 Å². The average Bonchev–Trinajstić information content (AvgIpc) is 2.08. The van der Waals surface area contributed by atoms with Crippen molar-refractivity contribution in [2.24, 2.45) is 0 Å². The molecule has 0 saturated heterocycles. The first kappa shape index (κ1) is 9.74. The van der Waals surface area contributed by atoms with Gasteiger partial charge in [-0.3, -0.25) is 4.79 Å². The molecule has 3 nitrogen and oxygen atoms in total. The van der Waals surface area contributed by atoms with Gasteiger partial charge in [0.15, 0.2) is 0 Å². The van der Waals surface area contributed by atoms with Crippen molar-refractivity contribution in [1.29, 1.82) is 0 Å². The van der Waals surface area contributed by atoms with Gasteiger partial charge in [0.2, 0.25) is 5.91 Å². The van der Waals surface area contributed by atoms with E-state index in [-0.39, 0.29) is 5.91 Å². The number of hydrogen-bond acceptors (Lipinski definition) is 2. The number of amides is 1. The van der Waals surface area contributed by atoms with E-state index in [1.807, 2.05) is 24.3 Å². The Kier molecular flexibility index (Phi) is 3.46. The normalized spacial score (nSPS) is 9.69. The lowest BCUT2D eigenvalue weighted by Crippen LogP contribution is -2.11. The van der Waals surface area contributed by atoms with Crippen LogP contribution in [0.3, 0.4) is 0 Å². The molecule has 0 fully saturated rings. The Balaban J connectivity index is 2.84. The summed E-state index contributed by atoms with van der Waals surface area (Å²) in [5, 5.41) is 5.55. The molecule has 0 aliphatic heterocycles. The highest BCUT2D eigenvalue weighted by atomic mass is 16.1. The van der Waals surface area contributed by atoms with Gasteiger partial charge < -0.3 is 10.6 Å². The Bertz CT molecular complexity index is 297. The third-order valence-corrected chi connectivity index (χ3v) is 1.64. The number of rotatable bonds is 3. The number of nitrogens with one attached hydrogen (secondary N) is 2. The summed E-state index contributed by atoms with van der Waals surface area (Å²) in [6.07, 6.45) is 0. The molecule has 1 aromatic rings. The summed E-state index contributed by atoms with van der Waals surface area (Å²) in [7, 11) is 3.54. The highest BCUT2D eigenvalue weighted by molar-refractivity contribution is 5.89. The first-order chi connectivity index (χ1) is 6.24. The topological polar surface area (TPSA) is 41.1 Å². The van der Waals surface area contributed by atoms with Crippen LogP contribution >= 0.6 is 0 Å². The van der Waals surface area contributed by atoms with Crippen LogP contribution in [-0.4, -0.2) is 5.91 Å². The van der Waals surface area contributed by atoms with Crippen LogP contribution in [0.1, 0.15) is 12.5 Å². The molecule has 0 saturated carbocycles. The number of para-hydroxylation sites is 1. The summed E-state index contributed by atoms with van der Waals surface area (Å²) < 4.78 is 0. The van der Waals surface area contributed by atoms with Gasteiger partial charge in [0.05, 0.1) is 0 Å². The minimum Gasteiger partial charge on any atom is -0.326 e.